The van der Waals surface area contributed by atoms with E-state index in [1.54, 1.807) is 15.7 Å². The Hall–Kier alpha value is -3.87. The van der Waals surface area contributed by atoms with E-state index in [4.69, 9.17) is 14.2 Å². The molecule has 0 aliphatic carbocycles. The molecule has 12 heteroatoms. The smallest absolute Gasteiger partial charge is 0.341 e. The molecule has 2 N–H and O–H groups in total. The molecule has 2 aromatic carbocycles. The molecule has 36 heavy (non-hydrogen) atoms. The number of aromatic nitrogens is 7. The predicted octanol–water partition coefficient (Wildman–Crippen LogP) is 0.583. The van der Waals surface area contributed by atoms with Gasteiger partial charge in [0.05, 0.1) is 12.3 Å². The van der Waals surface area contributed by atoms with E-state index in [2.05, 4.69) is 60.1 Å². The summed E-state index contributed by atoms with van der Waals surface area (Å²) < 4.78 is 21.7. The van der Waals surface area contributed by atoms with Crippen molar-refractivity contribution in [2.24, 2.45) is 0 Å². The highest BCUT2D eigenvalue weighted by Gasteiger charge is 2.51. The zero-order valence-corrected chi connectivity index (χ0v) is 20.1. The van der Waals surface area contributed by atoms with Crippen LogP contribution in [0.5, 0.6) is 11.8 Å². The Bertz CT molecular complexity index is 1280. The quantitative estimate of drug-likeness (QED) is 0.378. The van der Waals surface area contributed by atoms with Crippen LogP contribution in [0.15, 0.2) is 61.2 Å². The van der Waals surface area contributed by atoms with Gasteiger partial charge in [-0.1, -0.05) is 17.2 Å². The first-order chi connectivity index (χ1) is 17.7. The maximum atomic E-state index is 6.18. The fraction of sp³-hybridized carbons (Fsp3) is 0.375. The molecule has 4 heterocycles. The van der Waals surface area contributed by atoms with E-state index in [1.807, 2.05) is 38.4 Å². The first kappa shape index (κ1) is 22.6. The zero-order valence-electron chi connectivity index (χ0n) is 20.1. The molecule has 2 aromatic heterocycles. The van der Waals surface area contributed by atoms with Gasteiger partial charge < -0.3 is 24.4 Å². The Morgan fingerprint density at radius 3 is 2.58 bits per heavy atom. The van der Waals surface area contributed by atoms with Crippen LogP contribution in [0.2, 0.25) is 0 Å². The fourth-order valence-electron chi connectivity index (χ4n) is 4.71. The molecular weight excluding hydrogens is 462 g/mol. The van der Waals surface area contributed by atoms with Crippen LogP contribution in [-0.2, 0) is 16.0 Å². The highest BCUT2D eigenvalue weighted by atomic mass is 16.6. The summed E-state index contributed by atoms with van der Waals surface area (Å²) in [5.74, 6) is 0.615. The van der Waals surface area contributed by atoms with E-state index >= 15 is 0 Å². The number of benzene rings is 2. The summed E-state index contributed by atoms with van der Waals surface area (Å²) in [5, 5.41) is 18.5. The van der Waals surface area contributed by atoms with Gasteiger partial charge in [0, 0.05) is 25.3 Å². The number of rotatable bonds is 8. The maximum Gasteiger partial charge on any atom is 0.341 e. The molecule has 2 saturated heterocycles. The van der Waals surface area contributed by atoms with Crippen molar-refractivity contribution in [3.63, 3.8) is 0 Å². The van der Waals surface area contributed by atoms with E-state index in [0.717, 1.165) is 12.2 Å². The Balaban J connectivity index is 1.09. The molecule has 12 nitrogen and oxygen atoms in total. The number of tetrazole rings is 1. The van der Waals surface area contributed by atoms with Gasteiger partial charge >= 0.3 is 6.01 Å². The third-order valence-corrected chi connectivity index (χ3v) is 6.68. The lowest BCUT2D eigenvalue weighted by atomic mass is 10.1. The van der Waals surface area contributed by atoms with E-state index in [-0.39, 0.29) is 24.3 Å². The number of fused-ring (bicyclic) bond motifs is 1. The van der Waals surface area contributed by atoms with Crippen molar-refractivity contribution >= 4 is 5.69 Å². The lowest BCUT2D eigenvalue weighted by Crippen LogP contribution is -2.91. The van der Waals surface area contributed by atoms with Gasteiger partial charge in [-0.3, -0.25) is 0 Å². The highest BCUT2D eigenvalue weighted by Crippen LogP contribution is 2.35. The van der Waals surface area contributed by atoms with Crippen molar-refractivity contribution in [3.05, 3.63) is 66.7 Å². The minimum atomic E-state index is -0.160. The van der Waals surface area contributed by atoms with Gasteiger partial charge in [0.2, 0.25) is 0 Å². The topological polar surface area (TPSA) is 122 Å². The minimum absolute atomic E-state index is 0.0324. The summed E-state index contributed by atoms with van der Waals surface area (Å²) >= 11 is 0. The fourth-order valence-corrected chi connectivity index (χ4v) is 4.71. The Morgan fingerprint density at radius 1 is 1.03 bits per heavy atom. The SMILES string of the molecule is CN(C)c1ccc(C[NH2+][C@H]2CO[C@H]3[C@@H]2OC[C@@H]3n2nnnc2Oc2ccc(-n3cncn3)cc2)cc1. The summed E-state index contributed by atoms with van der Waals surface area (Å²) in [4.78, 5) is 6.07. The van der Waals surface area contributed by atoms with Crippen molar-refractivity contribution in [2.45, 2.75) is 30.8 Å². The Labute approximate surface area is 207 Å². The van der Waals surface area contributed by atoms with Crippen molar-refractivity contribution in [3.8, 4) is 17.4 Å². The van der Waals surface area contributed by atoms with E-state index in [9.17, 15) is 0 Å². The molecular formula is C24H28N9O3+. The number of hydrogen-bond donors (Lipinski definition) is 1. The molecule has 186 valence electrons. The number of nitrogens with two attached hydrogens (primary N) is 1. The number of nitrogens with zero attached hydrogens (tertiary/aromatic N) is 8. The molecule has 4 atom stereocenters. The van der Waals surface area contributed by atoms with Crippen molar-refractivity contribution in [1.82, 2.24) is 35.0 Å². The number of anilines is 1. The second-order valence-electron chi connectivity index (χ2n) is 9.17. The lowest BCUT2D eigenvalue weighted by molar-refractivity contribution is -0.707. The van der Waals surface area contributed by atoms with Crippen LogP contribution >= 0.6 is 0 Å². The van der Waals surface area contributed by atoms with Crippen LogP contribution in [0.1, 0.15) is 11.6 Å². The molecule has 0 bridgehead atoms. The number of quaternary nitrogens is 1. The molecule has 4 aromatic rings. The molecule has 2 fully saturated rings. The summed E-state index contributed by atoms with van der Waals surface area (Å²) in [6, 6.07) is 16.4. The third kappa shape index (κ3) is 4.41. The van der Waals surface area contributed by atoms with Crippen LogP contribution in [-0.4, -0.2) is 80.5 Å². The van der Waals surface area contributed by atoms with Gasteiger partial charge in [0.25, 0.3) is 0 Å². The number of hydrogen-bond acceptors (Lipinski definition) is 9. The van der Waals surface area contributed by atoms with Crippen LogP contribution < -0.4 is 15.0 Å². The van der Waals surface area contributed by atoms with Gasteiger partial charge in [-0.25, -0.2) is 9.67 Å². The van der Waals surface area contributed by atoms with E-state index < -0.39 is 0 Å². The molecule has 0 spiro atoms. The first-order valence-corrected chi connectivity index (χ1v) is 11.9. The van der Waals surface area contributed by atoms with Crippen LogP contribution in [0.3, 0.4) is 0 Å². The molecule has 2 aliphatic rings. The maximum absolute atomic E-state index is 6.18. The van der Waals surface area contributed by atoms with Gasteiger partial charge in [0.15, 0.2) is 0 Å². The predicted molar refractivity (Wildman–Crippen MR) is 128 cm³/mol. The minimum Gasteiger partial charge on any atom is -0.423 e. The van der Waals surface area contributed by atoms with Crippen molar-refractivity contribution in [1.29, 1.82) is 0 Å². The summed E-state index contributed by atoms with van der Waals surface area (Å²) in [6.07, 6.45) is 2.96. The summed E-state index contributed by atoms with van der Waals surface area (Å²) in [5.41, 5.74) is 3.34. The number of ether oxygens (including phenoxy) is 3. The zero-order chi connectivity index (χ0) is 24.5. The summed E-state index contributed by atoms with van der Waals surface area (Å²) in [6.45, 7) is 1.94. The van der Waals surface area contributed by atoms with Crippen LogP contribution in [0, 0.1) is 0 Å². The Morgan fingerprint density at radius 2 is 1.83 bits per heavy atom. The normalized spacial score (nSPS) is 23.1. The summed E-state index contributed by atoms with van der Waals surface area (Å²) in [7, 11) is 4.09. The average molecular weight is 491 g/mol. The molecule has 0 amide bonds. The molecule has 2 aliphatic heterocycles. The molecule has 0 unspecified atom stereocenters. The largest absolute Gasteiger partial charge is 0.423 e. The van der Waals surface area contributed by atoms with Crippen molar-refractivity contribution in [2.75, 3.05) is 32.2 Å². The Kier molecular flexibility index (Phi) is 6.05. The van der Waals surface area contributed by atoms with Gasteiger partial charge in [-0.15, -0.1) is 0 Å². The molecule has 0 saturated carbocycles. The van der Waals surface area contributed by atoms with Crippen molar-refractivity contribution < 1.29 is 19.5 Å². The molecule has 6 rings (SSSR count). The van der Waals surface area contributed by atoms with Gasteiger partial charge in [-0.05, 0) is 46.8 Å². The monoisotopic (exact) mass is 490 g/mol. The third-order valence-electron chi connectivity index (χ3n) is 6.68. The van der Waals surface area contributed by atoms with Crippen LogP contribution in [0.4, 0.5) is 5.69 Å². The highest BCUT2D eigenvalue weighted by molar-refractivity contribution is 5.45. The molecule has 0 radical (unpaired) electrons. The van der Waals surface area contributed by atoms with Gasteiger partial charge in [-0.2, -0.15) is 9.78 Å². The first-order valence-electron chi connectivity index (χ1n) is 11.9. The van der Waals surface area contributed by atoms with E-state index in [1.165, 1.54) is 17.6 Å². The second kappa shape index (κ2) is 9.64. The van der Waals surface area contributed by atoms with Crippen LogP contribution in [0.25, 0.3) is 5.69 Å². The lowest BCUT2D eigenvalue weighted by Gasteiger charge is -2.17. The van der Waals surface area contributed by atoms with E-state index in [0.29, 0.717) is 25.0 Å². The van der Waals surface area contributed by atoms with Gasteiger partial charge in [0.1, 0.15) is 55.8 Å². The second-order valence-corrected chi connectivity index (χ2v) is 9.17. The average Bonchev–Trinajstić information content (AvgIpc) is 3.69. The standard InChI is InChI=1S/C24H27N9O3/c1-31(2)17-5-3-16(4-6-17)11-26-20-12-34-23-21(13-35-22(20)23)33-24(28-29-30-33)36-19-9-7-18(8-10-19)32-15-25-14-27-32/h3-10,14-15,20-23,26H,11-13H2,1-2H3/p+1/t20-,21-,22+,23+/m0/s1.